The number of furan rings is 1. The summed E-state index contributed by atoms with van der Waals surface area (Å²) in [5.74, 6) is 0. The van der Waals surface area contributed by atoms with E-state index < -0.39 is 12.1 Å². The molecular formula is C42H26O. The van der Waals surface area contributed by atoms with E-state index in [2.05, 4.69) is 54.6 Å². The number of rotatable bonds is 3. The maximum absolute atomic E-state index is 9.81. The van der Waals surface area contributed by atoms with Gasteiger partial charge in [-0.05, 0) is 89.9 Å². The molecule has 9 rings (SSSR count). The molecule has 200 valence electrons. The van der Waals surface area contributed by atoms with Gasteiger partial charge in [-0.15, -0.1) is 0 Å². The second-order valence-corrected chi connectivity index (χ2v) is 10.8. The molecule has 1 heteroatoms. The maximum Gasteiger partial charge on any atom is 0.136 e. The first-order valence-corrected chi connectivity index (χ1v) is 14.3. The van der Waals surface area contributed by atoms with Crippen LogP contribution in [0.1, 0.15) is 8.22 Å². The molecule has 8 aromatic carbocycles. The van der Waals surface area contributed by atoms with Gasteiger partial charge < -0.3 is 4.42 Å². The molecule has 1 nitrogen and oxygen atoms in total. The summed E-state index contributed by atoms with van der Waals surface area (Å²) in [5.41, 5.74) is 4.68. The van der Waals surface area contributed by atoms with Gasteiger partial charge >= 0.3 is 0 Å². The van der Waals surface area contributed by atoms with Crippen molar-refractivity contribution in [2.24, 2.45) is 0 Å². The van der Waals surface area contributed by atoms with Crippen molar-refractivity contribution in [3.8, 4) is 33.4 Å². The van der Waals surface area contributed by atoms with Gasteiger partial charge in [0.1, 0.15) is 11.2 Å². The van der Waals surface area contributed by atoms with Crippen molar-refractivity contribution in [1.29, 1.82) is 0 Å². The third-order valence-electron chi connectivity index (χ3n) is 8.35. The summed E-state index contributed by atoms with van der Waals surface area (Å²) in [4.78, 5) is 0. The highest BCUT2D eigenvalue weighted by atomic mass is 16.3. The van der Waals surface area contributed by atoms with Crippen molar-refractivity contribution in [2.45, 2.75) is 0 Å². The average molecular weight is 553 g/mol. The van der Waals surface area contributed by atoms with E-state index in [0.717, 1.165) is 54.6 Å². The van der Waals surface area contributed by atoms with Crippen LogP contribution in [0, 0.1) is 0 Å². The minimum absolute atomic E-state index is 0.0201. The molecule has 0 fully saturated rings. The zero-order valence-corrected chi connectivity index (χ0v) is 23.0. The summed E-state index contributed by atoms with van der Waals surface area (Å²) >= 11 is 0. The van der Waals surface area contributed by atoms with Crippen molar-refractivity contribution in [1.82, 2.24) is 0 Å². The second-order valence-electron chi connectivity index (χ2n) is 10.8. The van der Waals surface area contributed by atoms with Gasteiger partial charge in [0.05, 0.1) is 8.22 Å². The van der Waals surface area contributed by atoms with Gasteiger partial charge in [-0.25, -0.2) is 0 Å². The SMILES string of the molecule is [2H]c1c([2H])c([2H])c2c(oc3c([2H])c(-c4c5ccccc5c(-c5ccc6ccccc6c5)c5ccccc45)c(-c4ccccc4)c([2H])c32)c1[2H]. The molecule has 0 saturated carbocycles. The lowest BCUT2D eigenvalue weighted by atomic mass is 9.83. The Morgan fingerprint density at radius 3 is 1.79 bits per heavy atom. The lowest BCUT2D eigenvalue weighted by Gasteiger charge is -2.20. The summed E-state index contributed by atoms with van der Waals surface area (Å²) in [6.45, 7) is 0. The molecule has 0 N–H and O–H groups in total. The molecule has 0 radical (unpaired) electrons. The van der Waals surface area contributed by atoms with Crippen LogP contribution in [0.15, 0.2) is 162 Å². The molecule has 43 heavy (non-hydrogen) atoms. The first-order chi connectivity index (χ1) is 23.8. The third kappa shape index (κ3) is 3.72. The molecule has 0 spiro atoms. The molecule has 0 aliphatic heterocycles. The molecule has 0 atom stereocenters. The summed E-state index contributed by atoms with van der Waals surface area (Å²) in [7, 11) is 0. The van der Waals surface area contributed by atoms with E-state index in [1.807, 2.05) is 66.7 Å². The van der Waals surface area contributed by atoms with Crippen LogP contribution < -0.4 is 0 Å². The van der Waals surface area contributed by atoms with E-state index in [-0.39, 0.29) is 46.1 Å². The van der Waals surface area contributed by atoms with Crippen LogP contribution in [0.2, 0.25) is 0 Å². The Labute approximate surface area is 257 Å². The van der Waals surface area contributed by atoms with Crippen LogP contribution in [0.5, 0.6) is 0 Å². The summed E-state index contributed by atoms with van der Waals surface area (Å²) in [6, 6.07) is 39.3. The molecule has 0 bridgehead atoms. The normalized spacial score (nSPS) is 13.7. The van der Waals surface area contributed by atoms with Gasteiger partial charge in [0.2, 0.25) is 0 Å². The van der Waals surface area contributed by atoms with Crippen molar-refractivity contribution >= 4 is 54.3 Å². The molecule has 9 aromatic rings. The van der Waals surface area contributed by atoms with Crippen LogP contribution in [-0.2, 0) is 0 Å². The lowest BCUT2D eigenvalue weighted by molar-refractivity contribution is 0.669. The van der Waals surface area contributed by atoms with Crippen LogP contribution in [0.25, 0.3) is 87.6 Å². The molecule has 1 heterocycles. The Morgan fingerprint density at radius 1 is 0.419 bits per heavy atom. The highest BCUT2D eigenvalue weighted by Gasteiger charge is 2.21. The van der Waals surface area contributed by atoms with E-state index in [1.165, 1.54) is 0 Å². The fraction of sp³-hybridized carbons (Fsp3) is 0. The molecule has 0 saturated heterocycles. The highest BCUT2D eigenvalue weighted by Crippen LogP contribution is 2.48. The first kappa shape index (κ1) is 18.7. The Bertz CT molecular complexity index is 2780. The summed E-state index contributed by atoms with van der Waals surface area (Å²) in [5, 5.41) is 6.44. The highest BCUT2D eigenvalue weighted by molar-refractivity contribution is 6.23. The Hall–Kier alpha value is -5.66. The zero-order chi connectivity index (χ0) is 33.6. The predicted molar refractivity (Wildman–Crippen MR) is 183 cm³/mol. The fourth-order valence-corrected chi connectivity index (χ4v) is 6.45. The third-order valence-corrected chi connectivity index (χ3v) is 8.35. The Morgan fingerprint density at radius 2 is 1.05 bits per heavy atom. The standard InChI is InChI=1S/C42H26O/c1-2-13-28(14-3-1)36-25-37-31-16-10-11-21-39(31)43-40(37)26-38(36)42-34-19-8-6-17-32(34)41(33-18-7-9-20-35(33)42)30-23-22-27-12-4-5-15-29(27)24-30/h1-26H/i10D,11D,16D,21D,25D,26D. The zero-order valence-electron chi connectivity index (χ0n) is 29.0. The van der Waals surface area contributed by atoms with Crippen LogP contribution in [-0.4, -0.2) is 0 Å². The van der Waals surface area contributed by atoms with Crippen molar-refractivity contribution in [2.75, 3.05) is 0 Å². The van der Waals surface area contributed by atoms with E-state index in [1.54, 1.807) is 0 Å². The minimum atomic E-state index is -0.417. The van der Waals surface area contributed by atoms with Gasteiger partial charge in [-0.1, -0.05) is 133 Å². The number of hydrogen-bond acceptors (Lipinski definition) is 1. The molecule has 0 aliphatic rings. The molecular weight excluding hydrogens is 520 g/mol. The second kappa shape index (κ2) is 9.44. The van der Waals surface area contributed by atoms with Gasteiger partial charge in [0.25, 0.3) is 0 Å². The summed E-state index contributed by atoms with van der Waals surface area (Å²) in [6.07, 6.45) is 0. The van der Waals surface area contributed by atoms with E-state index in [9.17, 15) is 2.74 Å². The Balaban J connectivity index is 1.49. The van der Waals surface area contributed by atoms with Gasteiger partial charge in [-0.2, -0.15) is 0 Å². The van der Waals surface area contributed by atoms with Gasteiger partial charge in [0, 0.05) is 10.8 Å². The predicted octanol–water partition coefficient (Wildman–Crippen LogP) is 12.0. The van der Waals surface area contributed by atoms with Crippen LogP contribution in [0.3, 0.4) is 0 Å². The Kier molecular flexibility index (Phi) is 4.11. The maximum atomic E-state index is 9.81. The van der Waals surface area contributed by atoms with E-state index in [0.29, 0.717) is 11.1 Å². The number of benzene rings is 8. The van der Waals surface area contributed by atoms with Crippen LogP contribution in [0.4, 0.5) is 0 Å². The molecule has 0 unspecified atom stereocenters. The van der Waals surface area contributed by atoms with Crippen LogP contribution >= 0.6 is 0 Å². The molecule has 0 amide bonds. The smallest absolute Gasteiger partial charge is 0.136 e. The lowest BCUT2D eigenvalue weighted by Crippen LogP contribution is -1.93. The van der Waals surface area contributed by atoms with Gasteiger partial charge in [-0.3, -0.25) is 0 Å². The topological polar surface area (TPSA) is 13.1 Å². The quantitative estimate of drug-likeness (QED) is 0.199. The average Bonchev–Trinajstić information content (AvgIpc) is 3.56. The number of fused-ring (bicyclic) bond motifs is 6. The van der Waals surface area contributed by atoms with Gasteiger partial charge in [0.15, 0.2) is 0 Å². The van der Waals surface area contributed by atoms with Crippen molar-refractivity contribution in [3.63, 3.8) is 0 Å². The first-order valence-electron chi connectivity index (χ1n) is 17.3. The minimum Gasteiger partial charge on any atom is -0.456 e. The van der Waals surface area contributed by atoms with E-state index in [4.69, 9.17) is 9.90 Å². The molecule has 0 aliphatic carbocycles. The number of hydrogen-bond donors (Lipinski definition) is 0. The van der Waals surface area contributed by atoms with E-state index >= 15 is 0 Å². The summed E-state index contributed by atoms with van der Waals surface area (Å²) < 4.78 is 59.7. The largest absolute Gasteiger partial charge is 0.456 e. The van der Waals surface area contributed by atoms with Crippen molar-refractivity contribution in [3.05, 3.63) is 158 Å². The fourth-order valence-electron chi connectivity index (χ4n) is 6.45. The molecule has 1 aromatic heterocycles. The monoisotopic (exact) mass is 552 g/mol. The van der Waals surface area contributed by atoms with Crippen molar-refractivity contribution < 1.29 is 12.6 Å². The number of para-hydroxylation sites is 1.